The third-order valence-electron chi connectivity index (χ3n) is 6.57. The van der Waals surface area contributed by atoms with Crippen LogP contribution in [0.1, 0.15) is 37.0 Å². The molecule has 1 aliphatic rings. The van der Waals surface area contributed by atoms with E-state index < -0.39 is 29.5 Å². The van der Waals surface area contributed by atoms with E-state index in [2.05, 4.69) is 30.5 Å². The SMILES string of the molecule is CCO[C@@H]1C[C@@H](c2ncc(-c3ccc(N)nc3F)[nH]2)n2c1cc(-c1c(-n3cnnn3)ccc(Cl)c1F)cc2=O. The van der Waals surface area contributed by atoms with Crippen molar-refractivity contribution in [2.45, 2.75) is 25.5 Å². The lowest BCUT2D eigenvalue weighted by molar-refractivity contribution is 0.0616. The number of hydrogen-bond acceptors (Lipinski definition) is 8. The molecule has 14 heteroatoms. The van der Waals surface area contributed by atoms with Crippen LogP contribution in [0.25, 0.3) is 28.1 Å². The minimum atomic E-state index is -0.743. The summed E-state index contributed by atoms with van der Waals surface area (Å²) in [6.45, 7) is 2.22. The molecule has 0 saturated carbocycles. The first-order valence-electron chi connectivity index (χ1n) is 11.9. The van der Waals surface area contributed by atoms with E-state index in [4.69, 9.17) is 22.1 Å². The second kappa shape index (κ2) is 9.67. The van der Waals surface area contributed by atoms with Gasteiger partial charge in [0.05, 0.1) is 46.0 Å². The van der Waals surface area contributed by atoms with Gasteiger partial charge in [-0.3, -0.25) is 9.36 Å². The van der Waals surface area contributed by atoms with Gasteiger partial charge in [0, 0.05) is 24.7 Å². The van der Waals surface area contributed by atoms with Gasteiger partial charge in [-0.2, -0.15) is 9.07 Å². The summed E-state index contributed by atoms with van der Waals surface area (Å²) in [5, 5.41) is 11.0. The summed E-state index contributed by atoms with van der Waals surface area (Å²) in [7, 11) is 0. The number of anilines is 1. The van der Waals surface area contributed by atoms with Gasteiger partial charge in [0.2, 0.25) is 5.95 Å². The molecule has 39 heavy (non-hydrogen) atoms. The van der Waals surface area contributed by atoms with Crippen LogP contribution in [-0.2, 0) is 4.74 Å². The number of ether oxygens (including phenoxy) is 1. The molecule has 11 nitrogen and oxygen atoms in total. The molecule has 0 unspecified atom stereocenters. The van der Waals surface area contributed by atoms with Crippen molar-refractivity contribution in [3.05, 3.63) is 87.6 Å². The van der Waals surface area contributed by atoms with Gasteiger partial charge in [-0.05, 0) is 53.2 Å². The van der Waals surface area contributed by atoms with Crippen LogP contribution in [-0.4, -0.2) is 46.3 Å². The summed E-state index contributed by atoms with van der Waals surface area (Å²) in [4.78, 5) is 24.8. The maximum Gasteiger partial charge on any atom is 0.252 e. The van der Waals surface area contributed by atoms with E-state index >= 15 is 4.39 Å². The zero-order valence-electron chi connectivity index (χ0n) is 20.3. The number of hydrogen-bond donors (Lipinski definition) is 2. The quantitative estimate of drug-likeness (QED) is 0.303. The van der Waals surface area contributed by atoms with Gasteiger partial charge >= 0.3 is 0 Å². The Morgan fingerprint density at radius 2 is 2.08 bits per heavy atom. The van der Waals surface area contributed by atoms with Crippen molar-refractivity contribution < 1.29 is 13.5 Å². The van der Waals surface area contributed by atoms with Crippen molar-refractivity contribution in [1.29, 1.82) is 0 Å². The summed E-state index contributed by atoms with van der Waals surface area (Å²) in [6, 6.07) is 8.42. The average Bonchev–Trinajstić information content (AvgIpc) is 3.67. The lowest BCUT2D eigenvalue weighted by Crippen LogP contribution is -2.24. The van der Waals surface area contributed by atoms with E-state index in [9.17, 15) is 9.18 Å². The van der Waals surface area contributed by atoms with Crippen LogP contribution in [0, 0.1) is 11.8 Å². The van der Waals surface area contributed by atoms with Crippen LogP contribution in [0.2, 0.25) is 5.02 Å². The molecule has 5 aromatic rings. The van der Waals surface area contributed by atoms with Gasteiger partial charge in [-0.1, -0.05) is 11.6 Å². The van der Waals surface area contributed by atoms with Crippen molar-refractivity contribution in [2.24, 2.45) is 0 Å². The number of tetrazole rings is 1. The van der Waals surface area contributed by atoms with E-state index in [0.717, 1.165) is 0 Å². The Bertz CT molecular complexity index is 1750. The second-order valence-corrected chi connectivity index (χ2v) is 9.25. The van der Waals surface area contributed by atoms with Crippen molar-refractivity contribution in [3.63, 3.8) is 0 Å². The second-order valence-electron chi connectivity index (χ2n) is 8.84. The molecule has 1 aliphatic heterocycles. The maximum absolute atomic E-state index is 15.4. The molecule has 6 rings (SSSR count). The Labute approximate surface area is 224 Å². The first-order valence-corrected chi connectivity index (χ1v) is 12.3. The smallest absolute Gasteiger partial charge is 0.252 e. The van der Waals surface area contributed by atoms with Crippen LogP contribution >= 0.6 is 11.6 Å². The molecule has 5 heterocycles. The number of fused-ring (bicyclic) bond motifs is 1. The third kappa shape index (κ3) is 4.25. The molecule has 4 aromatic heterocycles. The predicted octanol–water partition coefficient (Wildman–Crippen LogP) is 3.86. The molecule has 3 N–H and O–H groups in total. The van der Waals surface area contributed by atoms with E-state index in [1.807, 2.05) is 6.92 Å². The van der Waals surface area contributed by atoms with Crippen molar-refractivity contribution in [2.75, 3.05) is 12.3 Å². The number of nitrogens with zero attached hydrogens (tertiary/aromatic N) is 7. The Hall–Kier alpha value is -4.49. The fraction of sp³-hybridized carbons (Fsp3) is 0.200. The van der Waals surface area contributed by atoms with Crippen molar-refractivity contribution in [3.8, 4) is 28.1 Å². The highest BCUT2D eigenvalue weighted by atomic mass is 35.5. The molecule has 0 amide bonds. The molecule has 0 radical (unpaired) electrons. The summed E-state index contributed by atoms with van der Waals surface area (Å²) in [5.41, 5.74) is 6.93. The van der Waals surface area contributed by atoms with Crippen LogP contribution in [0.3, 0.4) is 0 Å². The molecule has 0 aliphatic carbocycles. The monoisotopic (exact) mass is 551 g/mol. The number of nitrogens with two attached hydrogens (primary N) is 1. The Morgan fingerprint density at radius 3 is 2.82 bits per heavy atom. The van der Waals surface area contributed by atoms with Crippen molar-refractivity contribution in [1.82, 2.24) is 39.7 Å². The van der Waals surface area contributed by atoms with Gasteiger partial charge in [-0.15, -0.1) is 5.10 Å². The molecule has 198 valence electrons. The lowest BCUT2D eigenvalue weighted by atomic mass is 10.0. The van der Waals surface area contributed by atoms with Gasteiger partial charge in [0.1, 0.15) is 18.0 Å². The van der Waals surface area contributed by atoms with Crippen LogP contribution in [0.15, 0.2) is 53.7 Å². The molecular weight excluding hydrogens is 532 g/mol. The highest BCUT2D eigenvalue weighted by molar-refractivity contribution is 6.31. The minimum absolute atomic E-state index is 0.0574. The van der Waals surface area contributed by atoms with Gasteiger partial charge in [0.15, 0.2) is 5.82 Å². The number of aromatic nitrogens is 8. The number of imidazole rings is 1. The molecule has 0 bridgehead atoms. The highest BCUT2D eigenvalue weighted by Crippen LogP contribution is 2.41. The van der Waals surface area contributed by atoms with E-state index in [0.29, 0.717) is 35.9 Å². The number of benzene rings is 1. The first kappa shape index (κ1) is 24.8. The molecule has 0 saturated heterocycles. The molecular formula is C25H20ClF2N9O2. The molecule has 1 aromatic carbocycles. The Kier molecular flexibility index (Phi) is 6.16. The summed E-state index contributed by atoms with van der Waals surface area (Å²) >= 11 is 6.11. The van der Waals surface area contributed by atoms with Gasteiger partial charge < -0.3 is 15.5 Å². The zero-order chi connectivity index (χ0) is 27.3. The minimum Gasteiger partial charge on any atom is -0.384 e. The Morgan fingerprint density at radius 1 is 1.23 bits per heavy atom. The number of aromatic amines is 1. The first-order chi connectivity index (χ1) is 18.9. The average molecular weight is 552 g/mol. The van der Waals surface area contributed by atoms with E-state index in [1.54, 1.807) is 16.7 Å². The zero-order valence-corrected chi connectivity index (χ0v) is 21.1. The number of nitrogens with one attached hydrogen (secondary N) is 1. The normalized spacial score (nSPS) is 16.5. The third-order valence-corrected chi connectivity index (χ3v) is 6.87. The predicted molar refractivity (Wildman–Crippen MR) is 137 cm³/mol. The number of rotatable bonds is 6. The number of H-pyrrole nitrogens is 1. The lowest BCUT2D eigenvalue weighted by Gasteiger charge is -2.16. The number of nitrogen functional groups attached to an aromatic ring is 1. The van der Waals surface area contributed by atoms with Gasteiger partial charge in [0.25, 0.3) is 5.56 Å². The van der Waals surface area contributed by atoms with Crippen LogP contribution < -0.4 is 11.3 Å². The summed E-state index contributed by atoms with van der Waals surface area (Å²) in [5.74, 6) is -0.968. The number of halogens is 3. The van der Waals surface area contributed by atoms with Crippen molar-refractivity contribution >= 4 is 17.4 Å². The largest absolute Gasteiger partial charge is 0.384 e. The maximum atomic E-state index is 15.4. The molecule has 0 fully saturated rings. The van der Waals surface area contributed by atoms with Crippen LogP contribution in [0.5, 0.6) is 0 Å². The van der Waals surface area contributed by atoms with E-state index in [1.165, 1.54) is 41.5 Å². The summed E-state index contributed by atoms with van der Waals surface area (Å²) < 4.78 is 38.6. The fourth-order valence-electron chi connectivity index (χ4n) is 4.91. The molecule has 0 spiro atoms. The van der Waals surface area contributed by atoms with E-state index in [-0.39, 0.29) is 27.5 Å². The van der Waals surface area contributed by atoms with Crippen LogP contribution in [0.4, 0.5) is 14.6 Å². The molecule has 2 atom stereocenters. The number of pyridine rings is 2. The topological polar surface area (TPSA) is 142 Å². The highest BCUT2D eigenvalue weighted by Gasteiger charge is 2.36. The standard InChI is InChI=1S/C25H20ClF2N9O2/c1-2-39-19-9-18(25-30-10-15(32-25)13-3-6-20(29)33-24(13)28)37-17(19)7-12(8-21(37)38)22-16(36-11-31-34-35-36)5-4-14(26)23(22)27/h3-8,10-11,18-19H,2,9H2,1H3,(H2,29,33)(H,30,32)/t18-,19+/m0/s1. The summed E-state index contributed by atoms with van der Waals surface area (Å²) in [6.07, 6.45) is 2.67. The fourth-order valence-corrected chi connectivity index (χ4v) is 5.07. The van der Waals surface area contributed by atoms with Gasteiger partial charge in [-0.25, -0.2) is 14.4 Å². The Balaban J connectivity index is 1.47.